The minimum atomic E-state index is -0.503. The summed E-state index contributed by atoms with van der Waals surface area (Å²) >= 11 is 0. The van der Waals surface area contributed by atoms with Crippen LogP contribution in [0.3, 0.4) is 0 Å². The Morgan fingerprint density at radius 3 is 2.47 bits per heavy atom. The number of hydrogen-bond acceptors (Lipinski definition) is 7. The average Bonchev–Trinajstić information content (AvgIpc) is 2.81. The fourth-order valence-corrected chi connectivity index (χ4v) is 4.95. The molecular formula is C26H31N5O3. The molecule has 2 aliphatic heterocycles. The van der Waals surface area contributed by atoms with E-state index in [9.17, 15) is 9.59 Å². The number of likely N-dealkylation sites (N-methyl/N-ethyl adjacent to an activating group) is 2. The highest BCUT2D eigenvalue weighted by Gasteiger charge is 2.29. The Morgan fingerprint density at radius 1 is 1.06 bits per heavy atom. The molecule has 2 aliphatic rings. The first-order valence-corrected chi connectivity index (χ1v) is 11.8. The fraction of sp³-hybridized carbons (Fsp3) is 0.423. The number of benzene rings is 1. The number of piperazine rings is 1. The van der Waals surface area contributed by atoms with Crippen molar-refractivity contribution < 1.29 is 4.42 Å². The molecule has 0 bridgehead atoms. The number of anilines is 2. The molecule has 34 heavy (non-hydrogen) atoms. The number of fused-ring (bicyclic) bond motifs is 2. The molecular weight excluding hydrogens is 430 g/mol. The van der Waals surface area contributed by atoms with Crippen LogP contribution >= 0.6 is 0 Å². The standard InChI is InChI=1S/C26H31N5O3/c1-6-30-7-9-31(10-8-30)25-27-20(13-23(32)28-25)19-12-17-11-18-16(2)15-26(3,4)29(5)21(18)14-22(17)34-24(19)33/h11-15H,6-10H2,1-5H3,(H,27,28,32). The molecule has 8 nitrogen and oxygen atoms in total. The molecule has 0 unspecified atom stereocenters. The van der Waals surface area contributed by atoms with E-state index in [2.05, 4.69) is 58.4 Å². The van der Waals surface area contributed by atoms with Crippen molar-refractivity contribution in [3.63, 3.8) is 0 Å². The molecule has 1 saturated heterocycles. The van der Waals surface area contributed by atoms with E-state index in [1.54, 1.807) is 6.07 Å². The largest absolute Gasteiger partial charge is 0.422 e. The van der Waals surface area contributed by atoms with Crippen LogP contribution in [0.2, 0.25) is 0 Å². The second kappa shape index (κ2) is 8.13. The molecule has 3 aromatic rings. The van der Waals surface area contributed by atoms with Gasteiger partial charge in [0.1, 0.15) is 5.58 Å². The maximum atomic E-state index is 13.0. The molecule has 0 atom stereocenters. The summed E-state index contributed by atoms with van der Waals surface area (Å²) in [4.78, 5) is 39.5. The molecule has 2 aromatic heterocycles. The number of nitrogens with zero attached hydrogens (tertiary/aromatic N) is 4. The zero-order chi connectivity index (χ0) is 24.2. The quantitative estimate of drug-likeness (QED) is 0.599. The lowest BCUT2D eigenvalue weighted by molar-refractivity contribution is 0.270. The number of hydrogen-bond donors (Lipinski definition) is 1. The van der Waals surface area contributed by atoms with Crippen LogP contribution in [0.25, 0.3) is 27.8 Å². The van der Waals surface area contributed by atoms with E-state index in [1.165, 1.54) is 11.6 Å². The molecule has 8 heteroatoms. The van der Waals surface area contributed by atoms with Gasteiger partial charge in [-0.3, -0.25) is 9.78 Å². The predicted molar refractivity (Wildman–Crippen MR) is 137 cm³/mol. The van der Waals surface area contributed by atoms with Crippen molar-refractivity contribution in [2.24, 2.45) is 0 Å². The summed E-state index contributed by atoms with van der Waals surface area (Å²) in [5, 5.41) is 0.800. The van der Waals surface area contributed by atoms with Crippen molar-refractivity contribution in [2.45, 2.75) is 33.2 Å². The number of rotatable bonds is 3. The maximum absolute atomic E-state index is 13.0. The van der Waals surface area contributed by atoms with E-state index >= 15 is 0 Å². The maximum Gasteiger partial charge on any atom is 0.345 e. The SMILES string of the molecule is CCN1CCN(c2nc(-c3cc4cc5c(cc4oc3=O)N(C)C(C)(C)C=C5C)cc(=O)[nH]2)CC1. The molecule has 1 N–H and O–H groups in total. The van der Waals surface area contributed by atoms with Gasteiger partial charge in [-0.25, -0.2) is 9.78 Å². The van der Waals surface area contributed by atoms with E-state index in [-0.39, 0.29) is 16.7 Å². The first-order valence-electron chi connectivity index (χ1n) is 11.8. The Labute approximate surface area is 198 Å². The second-order valence-corrected chi connectivity index (χ2v) is 9.77. The van der Waals surface area contributed by atoms with Gasteiger partial charge < -0.3 is 19.1 Å². The molecule has 0 amide bonds. The van der Waals surface area contributed by atoms with Crippen LogP contribution in [0.1, 0.15) is 33.3 Å². The molecule has 1 fully saturated rings. The van der Waals surface area contributed by atoms with Crippen LogP contribution in [0.4, 0.5) is 11.6 Å². The Morgan fingerprint density at radius 2 is 1.76 bits per heavy atom. The number of aromatic amines is 1. The van der Waals surface area contributed by atoms with Gasteiger partial charge in [0.25, 0.3) is 5.56 Å². The van der Waals surface area contributed by atoms with Gasteiger partial charge in [-0.05, 0) is 45.0 Å². The number of nitrogens with one attached hydrogen (secondary N) is 1. The van der Waals surface area contributed by atoms with Crippen molar-refractivity contribution >= 4 is 28.2 Å². The lowest BCUT2D eigenvalue weighted by Crippen LogP contribution is -2.47. The van der Waals surface area contributed by atoms with E-state index < -0.39 is 5.63 Å². The van der Waals surface area contributed by atoms with Gasteiger partial charge in [0.15, 0.2) is 0 Å². The highest BCUT2D eigenvalue weighted by Crippen LogP contribution is 2.40. The normalized spacial score (nSPS) is 18.2. The number of aromatic nitrogens is 2. The van der Waals surface area contributed by atoms with E-state index in [4.69, 9.17) is 4.42 Å². The molecule has 0 aliphatic carbocycles. The van der Waals surface area contributed by atoms with E-state index in [0.717, 1.165) is 49.4 Å². The molecule has 4 heterocycles. The zero-order valence-electron chi connectivity index (χ0n) is 20.4. The molecule has 0 radical (unpaired) electrons. The van der Waals surface area contributed by atoms with Crippen LogP contribution in [0.5, 0.6) is 0 Å². The molecule has 0 saturated carbocycles. The highest BCUT2D eigenvalue weighted by molar-refractivity contribution is 5.92. The first kappa shape index (κ1) is 22.4. The Hall–Kier alpha value is -3.39. The van der Waals surface area contributed by atoms with Gasteiger partial charge in [0, 0.05) is 62.0 Å². The van der Waals surface area contributed by atoms with Crippen molar-refractivity contribution in [1.29, 1.82) is 0 Å². The summed E-state index contributed by atoms with van der Waals surface area (Å²) in [5.41, 5.74) is 3.51. The zero-order valence-corrected chi connectivity index (χ0v) is 20.4. The third kappa shape index (κ3) is 3.81. The minimum Gasteiger partial charge on any atom is -0.422 e. The summed E-state index contributed by atoms with van der Waals surface area (Å²) in [7, 11) is 2.04. The van der Waals surface area contributed by atoms with Gasteiger partial charge in [0.2, 0.25) is 5.95 Å². The Balaban J connectivity index is 1.58. The van der Waals surface area contributed by atoms with Crippen molar-refractivity contribution in [3.05, 3.63) is 56.7 Å². The Bertz CT molecular complexity index is 1410. The van der Waals surface area contributed by atoms with E-state index in [0.29, 0.717) is 17.2 Å². The summed E-state index contributed by atoms with van der Waals surface area (Å²) < 4.78 is 5.74. The van der Waals surface area contributed by atoms with Crippen LogP contribution < -0.4 is 21.0 Å². The second-order valence-electron chi connectivity index (χ2n) is 9.77. The van der Waals surface area contributed by atoms with Gasteiger partial charge >= 0.3 is 5.63 Å². The van der Waals surface area contributed by atoms with Gasteiger partial charge in [0.05, 0.1) is 16.8 Å². The topological polar surface area (TPSA) is 85.7 Å². The molecule has 178 valence electrons. The summed E-state index contributed by atoms with van der Waals surface area (Å²) in [6.45, 7) is 12.9. The van der Waals surface area contributed by atoms with Crippen molar-refractivity contribution in [3.8, 4) is 11.3 Å². The Kier molecular flexibility index (Phi) is 5.36. The van der Waals surface area contributed by atoms with Gasteiger partial charge in [-0.2, -0.15) is 0 Å². The first-order chi connectivity index (χ1) is 16.2. The van der Waals surface area contributed by atoms with Gasteiger partial charge in [-0.1, -0.05) is 13.0 Å². The van der Waals surface area contributed by atoms with Crippen LogP contribution in [0.15, 0.2) is 44.3 Å². The number of allylic oxidation sites excluding steroid dienone is 1. The predicted octanol–water partition coefficient (Wildman–Crippen LogP) is 3.32. The summed E-state index contributed by atoms with van der Waals surface area (Å²) in [6, 6.07) is 7.13. The fourth-order valence-electron chi connectivity index (χ4n) is 4.95. The number of H-pyrrole nitrogens is 1. The average molecular weight is 462 g/mol. The van der Waals surface area contributed by atoms with Crippen molar-refractivity contribution in [1.82, 2.24) is 14.9 Å². The monoisotopic (exact) mass is 461 g/mol. The highest BCUT2D eigenvalue weighted by atomic mass is 16.4. The third-order valence-corrected chi connectivity index (χ3v) is 7.20. The summed E-state index contributed by atoms with van der Waals surface area (Å²) in [6.07, 6.45) is 2.24. The van der Waals surface area contributed by atoms with E-state index in [1.807, 2.05) is 19.2 Å². The lowest BCUT2D eigenvalue weighted by Gasteiger charge is -2.40. The minimum absolute atomic E-state index is 0.140. The lowest BCUT2D eigenvalue weighted by atomic mass is 9.88. The van der Waals surface area contributed by atoms with Crippen molar-refractivity contribution in [2.75, 3.05) is 49.6 Å². The molecule has 0 spiro atoms. The third-order valence-electron chi connectivity index (χ3n) is 7.20. The molecule has 1 aromatic carbocycles. The van der Waals surface area contributed by atoms with Crippen LogP contribution in [-0.4, -0.2) is 60.2 Å². The van der Waals surface area contributed by atoms with Crippen LogP contribution in [0, 0.1) is 0 Å². The van der Waals surface area contributed by atoms with Crippen LogP contribution in [-0.2, 0) is 0 Å². The molecule has 5 rings (SSSR count). The summed E-state index contributed by atoms with van der Waals surface area (Å²) in [5.74, 6) is 0.492. The van der Waals surface area contributed by atoms with Gasteiger partial charge in [-0.15, -0.1) is 0 Å². The smallest absolute Gasteiger partial charge is 0.345 e.